The Morgan fingerprint density at radius 1 is 0.442 bits per heavy atom. The summed E-state index contributed by atoms with van der Waals surface area (Å²) in [6.45, 7) is 0. The molecule has 77 heavy (non-hydrogen) atoms. The second kappa shape index (κ2) is 23.1. The molecule has 0 unspecified atom stereocenters. The number of rotatable bonds is 13. The number of amides is 7. The molecular weight excluding hydrogens is 1110 g/mol. The molecule has 7 aromatic rings. The third kappa shape index (κ3) is 14.8. The van der Waals surface area contributed by atoms with Gasteiger partial charge in [0.15, 0.2) is 11.5 Å². The Morgan fingerprint density at radius 3 is 1.19 bits per heavy atom. The molecule has 0 bridgehead atoms. The molecule has 7 amide bonds. The van der Waals surface area contributed by atoms with Crippen molar-refractivity contribution >= 4 is 92.9 Å². The van der Waals surface area contributed by atoms with E-state index in [9.17, 15) is 58.7 Å². The van der Waals surface area contributed by atoms with Gasteiger partial charge in [0, 0.05) is 54.6 Å². The average molecular weight is 1140 g/mol. The largest absolute Gasteiger partial charge is 0.457 e. The lowest BCUT2D eigenvalue weighted by molar-refractivity contribution is -0.138. The van der Waals surface area contributed by atoms with Crippen molar-refractivity contribution in [1.82, 2.24) is 10.3 Å². The number of nitrogens with zero attached hydrogens (tertiary/aromatic N) is 1. The fraction of sp³-hybridized carbons (Fsp3) is 0.0816. The summed E-state index contributed by atoms with van der Waals surface area (Å²) in [6.07, 6.45) is -13.4. The lowest BCUT2D eigenvalue weighted by Gasteiger charge is -2.18. The van der Waals surface area contributed by atoms with Crippen molar-refractivity contribution in [2.45, 2.75) is 18.5 Å². The van der Waals surface area contributed by atoms with Crippen molar-refractivity contribution < 1.29 is 77.3 Å². The van der Waals surface area contributed by atoms with E-state index in [1.807, 2.05) is 0 Å². The summed E-state index contributed by atoms with van der Waals surface area (Å²) < 4.78 is 156. The average Bonchev–Trinajstić information content (AvgIpc) is 3.35. The number of carbonyl (C=O) groups is 4. The zero-order valence-corrected chi connectivity index (χ0v) is 40.6. The maximum atomic E-state index is 15.6. The maximum absolute atomic E-state index is 15.6. The quantitative estimate of drug-likeness (QED) is 0.0555. The molecule has 0 aliphatic rings. The molecular formula is C49H31Cl3F10N8O7. The van der Waals surface area contributed by atoms with Gasteiger partial charge in [-0.1, -0.05) is 34.8 Å². The summed E-state index contributed by atoms with van der Waals surface area (Å²) in [5, 5.41) is 14.1. The molecule has 0 radical (unpaired) electrons. The second-order valence-electron chi connectivity index (χ2n) is 15.5. The molecule has 7 rings (SSSR count). The van der Waals surface area contributed by atoms with Gasteiger partial charge in [0.1, 0.15) is 34.5 Å². The van der Waals surface area contributed by atoms with E-state index in [-0.39, 0.29) is 68.6 Å². The summed E-state index contributed by atoms with van der Waals surface area (Å²) in [5.74, 6) is -2.76. The lowest BCUT2D eigenvalue weighted by Crippen LogP contribution is -2.20. The third-order valence-electron chi connectivity index (χ3n) is 10.1. The molecule has 0 atom stereocenters. The number of aromatic nitrogens is 1. The first-order valence-electron chi connectivity index (χ1n) is 21.4. The number of ether oxygens (including phenoxy) is 3. The number of pyridine rings is 1. The van der Waals surface area contributed by atoms with Crippen LogP contribution in [-0.4, -0.2) is 36.0 Å². The minimum absolute atomic E-state index is 0.00641. The first-order chi connectivity index (χ1) is 36.2. The minimum Gasteiger partial charge on any atom is -0.457 e. The normalized spacial score (nSPS) is 11.5. The van der Waals surface area contributed by atoms with Crippen LogP contribution in [0.3, 0.4) is 0 Å². The Kier molecular flexibility index (Phi) is 16.8. The molecule has 0 spiro atoms. The summed E-state index contributed by atoms with van der Waals surface area (Å²) in [4.78, 5) is 55.6. The van der Waals surface area contributed by atoms with Gasteiger partial charge in [-0.2, -0.15) is 39.5 Å². The molecule has 0 fully saturated rings. The number of hydrogen-bond donors (Lipinski definition) is 7. The molecule has 7 N–H and O–H groups in total. The topological polar surface area (TPSA) is 193 Å². The van der Waals surface area contributed by atoms with Gasteiger partial charge >= 0.3 is 36.6 Å². The Balaban J connectivity index is 1.20. The number of alkyl halides is 9. The van der Waals surface area contributed by atoms with Gasteiger partial charge in [0.2, 0.25) is 0 Å². The highest BCUT2D eigenvalue weighted by atomic mass is 35.5. The Hall–Kier alpha value is -8.68. The van der Waals surface area contributed by atoms with Gasteiger partial charge < -0.3 is 51.4 Å². The molecule has 6 aromatic carbocycles. The van der Waals surface area contributed by atoms with E-state index in [0.717, 1.165) is 60.7 Å². The molecule has 15 nitrogen and oxygen atoms in total. The molecule has 0 saturated carbocycles. The number of halogens is 13. The van der Waals surface area contributed by atoms with Crippen LogP contribution in [0, 0.1) is 5.82 Å². The van der Waals surface area contributed by atoms with E-state index in [0.29, 0.717) is 18.2 Å². The molecule has 28 heteroatoms. The van der Waals surface area contributed by atoms with Crippen LogP contribution in [0.5, 0.6) is 34.5 Å². The van der Waals surface area contributed by atoms with Crippen LogP contribution in [0.4, 0.5) is 92.4 Å². The maximum Gasteiger partial charge on any atom is 0.417 e. The number of anilines is 6. The molecule has 400 valence electrons. The van der Waals surface area contributed by atoms with E-state index in [1.54, 1.807) is 0 Å². The first kappa shape index (κ1) is 56.1. The monoisotopic (exact) mass is 1140 g/mol. The van der Waals surface area contributed by atoms with Crippen LogP contribution < -0.4 is 51.4 Å². The molecule has 1 heterocycles. The van der Waals surface area contributed by atoms with E-state index in [4.69, 9.17) is 49.0 Å². The Labute approximate surface area is 441 Å². The van der Waals surface area contributed by atoms with Gasteiger partial charge in [-0.15, -0.1) is 0 Å². The van der Waals surface area contributed by atoms with Crippen molar-refractivity contribution in [2.24, 2.45) is 0 Å². The fourth-order valence-corrected chi connectivity index (χ4v) is 7.27. The van der Waals surface area contributed by atoms with Crippen molar-refractivity contribution in [1.29, 1.82) is 0 Å². The number of nitrogens with one attached hydrogen (secondary N) is 7. The Bertz CT molecular complexity index is 3420. The first-order valence-corrected chi connectivity index (χ1v) is 22.5. The number of hydrogen-bond acceptors (Lipinski definition) is 8. The van der Waals surface area contributed by atoms with E-state index >= 15 is 4.39 Å². The minimum atomic E-state index is -4.90. The van der Waals surface area contributed by atoms with Crippen LogP contribution in [0.15, 0.2) is 128 Å². The Morgan fingerprint density at radius 2 is 0.805 bits per heavy atom. The zero-order chi connectivity index (χ0) is 56.0. The fourth-order valence-electron chi connectivity index (χ4n) is 6.60. The predicted molar refractivity (Wildman–Crippen MR) is 264 cm³/mol. The van der Waals surface area contributed by atoms with Gasteiger partial charge in [-0.25, -0.2) is 18.8 Å². The smallest absolute Gasteiger partial charge is 0.417 e. The highest BCUT2D eigenvalue weighted by molar-refractivity contribution is 6.32. The summed E-state index contributed by atoms with van der Waals surface area (Å²) in [5.41, 5.74) is -5.72. The highest BCUT2D eigenvalue weighted by Crippen LogP contribution is 2.42. The van der Waals surface area contributed by atoms with Gasteiger partial charge in [0.25, 0.3) is 5.91 Å². The van der Waals surface area contributed by atoms with Crippen LogP contribution in [0.25, 0.3) is 0 Å². The van der Waals surface area contributed by atoms with Crippen molar-refractivity contribution in [3.05, 3.63) is 171 Å². The summed E-state index contributed by atoms with van der Waals surface area (Å²) in [6, 6.07) is 17.2. The van der Waals surface area contributed by atoms with Crippen LogP contribution in [0.2, 0.25) is 15.1 Å². The summed E-state index contributed by atoms with van der Waals surface area (Å²) in [7, 11) is 1.38. The third-order valence-corrected chi connectivity index (χ3v) is 11.1. The zero-order valence-electron chi connectivity index (χ0n) is 38.3. The lowest BCUT2D eigenvalue weighted by atomic mass is 10.2. The van der Waals surface area contributed by atoms with Crippen molar-refractivity contribution in [3.8, 4) is 34.5 Å². The SMILES string of the molecule is CNC(=O)c1cc(Oc2ccc(NC(=O)Nc3ccc(Cl)c(C(F)(F)F)c3)c(Oc3ccc(NC(=O)Nc4ccc(Cl)c(C(F)(F)F)c4)c(Oc4ccc(NC(=O)Nc5ccc(Cl)c(C(F)(F)F)c5)c(F)c4)c3)c2)ccn1. The standard InChI is InChI=1S/C49H31Cl3F10N8O7/c1-63-43(71)40-20-29(14-15-64-40)75-27-6-12-38(69-45(73)66-24-3-9-34(51)31(17-24)48(57,58)59)41(21-27)77-28-7-13-39(70-46(74)67-25-4-10-35(52)32(18-25)49(60,61)62)42(22-28)76-26-5-11-37(36(53)19-26)68-44(72)65-23-2-8-33(50)30(16-23)47(54,55)56/h2-22H,1H3,(H,63,71)(H2,65,68,72)(H2,66,69,73)(H2,67,70,74). The van der Waals surface area contributed by atoms with Crippen molar-refractivity contribution in [2.75, 3.05) is 38.9 Å². The van der Waals surface area contributed by atoms with Gasteiger partial charge in [-0.3, -0.25) is 9.78 Å². The van der Waals surface area contributed by atoms with Crippen LogP contribution in [0.1, 0.15) is 27.2 Å². The van der Waals surface area contributed by atoms with Crippen molar-refractivity contribution in [3.63, 3.8) is 0 Å². The number of benzene rings is 6. The second-order valence-corrected chi connectivity index (χ2v) is 16.8. The van der Waals surface area contributed by atoms with E-state index in [2.05, 4.69) is 42.2 Å². The van der Waals surface area contributed by atoms with Gasteiger partial charge in [-0.05, 0) is 97.1 Å². The summed E-state index contributed by atoms with van der Waals surface area (Å²) >= 11 is 17.1. The molecule has 0 aliphatic heterocycles. The predicted octanol–water partition coefficient (Wildman–Crippen LogP) is 15.9. The van der Waals surface area contributed by atoms with Crippen LogP contribution >= 0.6 is 34.8 Å². The number of urea groups is 3. The van der Waals surface area contributed by atoms with Crippen LogP contribution in [-0.2, 0) is 18.5 Å². The molecule has 1 aromatic heterocycles. The highest BCUT2D eigenvalue weighted by Gasteiger charge is 2.35. The number of carbonyl (C=O) groups excluding carboxylic acids is 4. The molecule has 0 saturated heterocycles. The van der Waals surface area contributed by atoms with Gasteiger partial charge in [0.05, 0.1) is 48.8 Å². The molecule has 0 aliphatic carbocycles. The van der Waals surface area contributed by atoms with E-state index < -0.39 is 85.8 Å². The van der Waals surface area contributed by atoms with E-state index in [1.165, 1.54) is 55.7 Å².